The standard InChI is InChI=1S/C28H24N2O5S/c1-14(13-31)7-9-16-10-8-15(2)21-19(12-30-23(16)21)24(32)27-25(33)22(26(36-27)28(34)35)18-11-29-20-6-4-3-5-17(18)20/h3-8,10-12,29-31,33H,9,13H2,1-2H3,(H,34,35). The lowest BCUT2D eigenvalue weighted by molar-refractivity contribution is 0.0702. The summed E-state index contributed by atoms with van der Waals surface area (Å²) in [7, 11) is 0. The highest BCUT2D eigenvalue weighted by Gasteiger charge is 2.30. The lowest BCUT2D eigenvalue weighted by Gasteiger charge is -2.06. The predicted molar refractivity (Wildman–Crippen MR) is 141 cm³/mol. The molecule has 2 aromatic carbocycles. The number of aliphatic hydroxyl groups is 1. The number of aromatic carboxylic acids is 1. The molecule has 0 unspecified atom stereocenters. The fourth-order valence-electron chi connectivity index (χ4n) is 4.55. The summed E-state index contributed by atoms with van der Waals surface area (Å²) in [6, 6.07) is 11.3. The molecule has 0 spiro atoms. The molecule has 8 heteroatoms. The van der Waals surface area contributed by atoms with Crippen molar-refractivity contribution in [2.45, 2.75) is 20.3 Å². The van der Waals surface area contributed by atoms with Crippen LogP contribution in [0, 0.1) is 6.92 Å². The van der Waals surface area contributed by atoms with Crippen LogP contribution in [0.15, 0.2) is 60.4 Å². The fourth-order valence-corrected chi connectivity index (χ4v) is 5.56. The number of carboxylic acids is 1. The quantitative estimate of drug-likeness (QED) is 0.143. The number of aromatic nitrogens is 2. The first-order valence-electron chi connectivity index (χ1n) is 11.4. The monoisotopic (exact) mass is 500 g/mol. The molecule has 0 radical (unpaired) electrons. The number of ketones is 1. The van der Waals surface area contributed by atoms with E-state index in [1.165, 1.54) is 0 Å². The molecule has 0 atom stereocenters. The van der Waals surface area contributed by atoms with Crippen molar-refractivity contribution in [1.29, 1.82) is 0 Å². The molecule has 0 amide bonds. The minimum absolute atomic E-state index is 0.0191. The summed E-state index contributed by atoms with van der Waals surface area (Å²) >= 11 is 0.779. The third kappa shape index (κ3) is 3.80. The Morgan fingerprint density at radius 3 is 2.58 bits per heavy atom. The summed E-state index contributed by atoms with van der Waals surface area (Å²) < 4.78 is 0. The molecule has 0 aliphatic heterocycles. The summed E-state index contributed by atoms with van der Waals surface area (Å²) in [5.41, 5.74) is 5.32. The molecule has 0 saturated heterocycles. The smallest absolute Gasteiger partial charge is 0.346 e. The normalized spacial score (nSPS) is 12.0. The van der Waals surface area contributed by atoms with Gasteiger partial charge in [-0.2, -0.15) is 0 Å². The lowest BCUT2D eigenvalue weighted by Crippen LogP contribution is -1.99. The molecule has 0 bridgehead atoms. The zero-order valence-electron chi connectivity index (χ0n) is 19.7. The lowest BCUT2D eigenvalue weighted by atomic mass is 9.98. The van der Waals surface area contributed by atoms with Crippen LogP contribution >= 0.6 is 11.3 Å². The van der Waals surface area contributed by atoms with Gasteiger partial charge in [0.2, 0.25) is 5.78 Å². The molecule has 0 fully saturated rings. The number of fused-ring (bicyclic) bond motifs is 2. The van der Waals surface area contributed by atoms with Gasteiger partial charge in [-0.05, 0) is 37.5 Å². The largest absolute Gasteiger partial charge is 0.506 e. The number of carbonyl (C=O) groups excluding carboxylic acids is 1. The molecule has 7 nitrogen and oxygen atoms in total. The number of aromatic amines is 2. The van der Waals surface area contributed by atoms with E-state index in [2.05, 4.69) is 9.97 Å². The zero-order valence-corrected chi connectivity index (χ0v) is 20.5. The van der Waals surface area contributed by atoms with Crippen LogP contribution in [0.1, 0.15) is 43.0 Å². The number of benzene rings is 2. The Hall–Kier alpha value is -4.14. The van der Waals surface area contributed by atoms with Gasteiger partial charge in [0.1, 0.15) is 15.5 Å². The summed E-state index contributed by atoms with van der Waals surface area (Å²) in [5, 5.41) is 31.9. The summed E-state index contributed by atoms with van der Waals surface area (Å²) in [5.74, 6) is -1.99. The van der Waals surface area contributed by atoms with Gasteiger partial charge >= 0.3 is 5.97 Å². The molecule has 0 aliphatic rings. The molecule has 5 aromatic rings. The average Bonchev–Trinajstić information content (AvgIpc) is 3.58. The molecule has 0 aliphatic carbocycles. The second-order valence-corrected chi connectivity index (χ2v) is 9.79. The van der Waals surface area contributed by atoms with Gasteiger partial charge in [-0.25, -0.2) is 4.79 Å². The van der Waals surface area contributed by atoms with E-state index < -0.39 is 11.8 Å². The van der Waals surface area contributed by atoms with Crippen molar-refractivity contribution in [3.63, 3.8) is 0 Å². The Bertz CT molecular complexity index is 1690. The van der Waals surface area contributed by atoms with Gasteiger partial charge in [0.05, 0.1) is 12.2 Å². The third-order valence-electron chi connectivity index (χ3n) is 6.44. The third-order valence-corrected chi connectivity index (χ3v) is 7.60. The second kappa shape index (κ2) is 9.14. The Balaban J connectivity index is 1.65. The maximum absolute atomic E-state index is 13.7. The number of para-hydroxylation sites is 1. The molecule has 36 heavy (non-hydrogen) atoms. The average molecular weight is 501 g/mol. The number of rotatable bonds is 7. The number of aliphatic hydroxyl groups excluding tert-OH is 1. The van der Waals surface area contributed by atoms with Crippen LogP contribution in [0.5, 0.6) is 5.75 Å². The number of aromatic hydroxyl groups is 1. The Morgan fingerprint density at radius 2 is 1.83 bits per heavy atom. The van der Waals surface area contributed by atoms with Gasteiger partial charge in [0.25, 0.3) is 0 Å². The van der Waals surface area contributed by atoms with Crippen LogP contribution in [-0.4, -0.2) is 43.6 Å². The van der Waals surface area contributed by atoms with Gasteiger partial charge in [-0.1, -0.05) is 42.0 Å². The van der Waals surface area contributed by atoms with E-state index in [1.54, 1.807) is 12.4 Å². The fraction of sp³-hybridized carbons (Fsp3) is 0.143. The van der Waals surface area contributed by atoms with E-state index in [0.29, 0.717) is 17.5 Å². The minimum Gasteiger partial charge on any atom is -0.506 e. The summed E-state index contributed by atoms with van der Waals surface area (Å²) in [4.78, 5) is 32.0. The number of thiophene rings is 1. The van der Waals surface area contributed by atoms with Crippen LogP contribution in [0.4, 0.5) is 0 Å². The summed E-state index contributed by atoms with van der Waals surface area (Å²) in [6.45, 7) is 3.73. The van der Waals surface area contributed by atoms with E-state index in [-0.39, 0.29) is 27.7 Å². The second-order valence-electron chi connectivity index (χ2n) is 8.77. The number of allylic oxidation sites excluding steroid dienone is 1. The van der Waals surface area contributed by atoms with E-state index in [0.717, 1.165) is 49.8 Å². The number of hydrogen-bond acceptors (Lipinski definition) is 5. The molecule has 182 valence electrons. The van der Waals surface area contributed by atoms with Crippen LogP contribution in [0.3, 0.4) is 0 Å². The van der Waals surface area contributed by atoms with Crippen molar-refractivity contribution in [3.8, 4) is 16.9 Å². The van der Waals surface area contributed by atoms with Crippen molar-refractivity contribution < 1.29 is 24.9 Å². The van der Waals surface area contributed by atoms with Gasteiger partial charge in [0, 0.05) is 45.3 Å². The number of nitrogens with one attached hydrogen (secondary N) is 2. The van der Waals surface area contributed by atoms with Crippen LogP contribution in [-0.2, 0) is 6.42 Å². The SMILES string of the molecule is CC(=CCc1ccc(C)c2c(C(=O)c3sc(C(=O)O)c(-c4c[nH]c5ccccc45)c3O)c[nH]c12)CO. The predicted octanol–water partition coefficient (Wildman–Crippen LogP) is 5.80. The number of carbonyl (C=O) groups is 2. The number of hydrogen-bond donors (Lipinski definition) is 5. The van der Waals surface area contributed by atoms with Crippen LogP contribution in [0.25, 0.3) is 32.9 Å². The molecular weight excluding hydrogens is 476 g/mol. The Morgan fingerprint density at radius 1 is 1.06 bits per heavy atom. The van der Waals surface area contributed by atoms with Gasteiger partial charge in [-0.15, -0.1) is 11.3 Å². The van der Waals surface area contributed by atoms with E-state index in [4.69, 9.17) is 0 Å². The molecule has 3 aromatic heterocycles. The topological polar surface area (TPSA) is 126 Å². The van der Waals surface area contributed by atoms with Crippen molar-refractivity contribution in [2.24, 2.45) is 0 Å². The van der Waals surface area contributed by atoms with Gasteiger partial charge in [-0.3, -0.25) is 4.79 Å². The molecule has 5 rings (SSSR count). The van der Waals surface area contributed by atoms with Gasteiger partial charge in [0.15, 0.2) is 0 Å². The molecule has 3 heterocycles. The first-order chi connectivity index (χ1) is 17.3. The van der Waals surface area contributed by atoms with Crippen molar-refractivity contribution in [1.82, 2.24) is 9.97 Å². The molecule has 5 N–H and O–H groups in total. The van der Waals surface area contributed by atoms with Crippen LogP contribution < -0.4 is 0 Å². The van der Waals surface area contributed by atoms with E-state index >= 15 is 0 Å². The Kier molecular flexibility index (Phi) is 5.99. The highest BCUT2D eigenvalue weighted by molar-refractivity contribution is 7.17. The highest BCUT2D eigenvalue weighted by atomic mass is 32.1. The maximum atomic E-state index is 13.7. The van der Waals surface area contributed by atoms with E-state index in [1.807, 2.05) is 56.3 Å². The van der Waals surface area contributed by atoms with Crippen molar-refractivity contribution in [3.05, 3.63) is 86.9 Å². The molecular formula is C28H24N2O5S. The first-order valence-corrected chi connectivity index (χ1v) is 12.2. The number of aryl methyl sites for hydroxylation is 1. The minimum atomic E-state index is -1.21. The van der Waals surface area contributed by atoms with E-state index in [9.17, 15) is 24.9 Å². The van der Waals surface area contributed by atoms with Crippen molar-refractivity contribution in [2.75, 3.05) is 6.61 Å². The number of carboxylic acid groups (broad SMARTS) is 1. The molecule has 0 saturated carbocycles. The first kappa shape index (κ1) is 23.6. The van der Waals surface area contributed by atoms with Crippen LogP contribution in [0.2, 0.25) is 0 Å². The van der Waals surface area contributed by atoms with Gasteiger partial charge < -0.3 is 25.3 Å². The van der Waals surface area contributed by atoms with Crippen molar-refractivity contribution >= 4 is 44.9 Å². The number of H-pyrrole nitrogens is 2. The zero-order chi connectivity index (χ0) is 25.6. The Labute approximate surface area is 210 Å². The highest BCUT2D eigenvalue weighted by Crippen LogP contribution is 2.45. The summed E-state index contributed by atoms with van der Waals surface area (Å²) in [6.07, 6.45) is 5.77. The maximum Gasteiger partial charge on any atom is 0.346 e.